The fraction of sp³-hybridized carbons (Fsp3) is 0.375. The van der Waals surface area contributed by atoms with Gasteiger partial charge >= 0.3 is 5.97 Å². The zero-order chi connectivity index (χ0) is 17.9. The first-order valence-electron chi connectivity index (χ1n) is 7.40. The maximum atomic E-state index is 12.0. The van der Waals surface area contributed by atoms with E-state index in [1.807, 2.05) is 0 Å². The second-order valence-corrected chi connectivity index (χ2v) is 7.19. The molecule has 0 amide bonds. The van der Waals surface area contributed by atoms with Crippen molar-refractivity contribution < 1.29 is 14.3 Å². The summed E-state index contributed by atoms with van der Waals surface area (Å²) in [6.07, 6.45) is 4.28. The molecule has 0 saturated carbocycles. The van der Waals surface area contributed by atoms with Crippen molar-refractivity contribution in [2.24, 2.45) is 5.41 Å². The summed E-state index contributed by atoms with van der Waals surface area (Å²) in [5.41, 5.74) is -0.224. The maximum absolute atomic E-state index is 12.0. The van der Waals surface area contributed by atoms with Gasteiger partial charge < -0.3 is 9.72 Å². The predicted molar refractivity (Wildman–Crippen MR) is 91.2 cm³/mol. The summed E-state index contributed by atoms with van der Waals surface area (Å²) in [4.78, 5) is 38.5. The second kappa shape index (κ2) is 6.96. The summed E-state index contributed by atoms with van der Waals surface area (Å²) in [6.45, 7) is 7.37. The third-order valence-electron chi connectivity index (χ3n) is 3.12. The second-order valence-electron chi connectivity index (χ2n) is 6.11. The van der Waals surface area contributed by atoms with E-state index in [2.05, 4.69) is 15.2 Å². The SMILES string of the molecule is CCOC(=O)c1cn[nH]c1/C=c1\s/c(=C/C(=O)C(C)(C)C)[nH]c1=O. The Balaban J connectivity index is 2.45. The van der Waals surface area contributed by atoms with E-state index in [4.69, 9.17) is 4.74 Å². The number of carbonyl (C=O) groups excluding carboxylic acids is 2. The minimum atomic E-state index is -0.523. The molecule has 0 aliphatic heterocycles. The molecule has 2 N–H and O–H groups in total. The highest BCUT2D eigenvalue weighted by Crippen LogP contribution is 2.14. The fourth-order valence-electron chi connectivity index (χ4n) is 1.77. The summed E-state index contributed by atoms with van der Waals surface area (Å²) >= 11 is 1.14. The molecule has 0 fully saturated rings. The lowest BCUT2D eigenvalue weighted by atomic mass is 9.91. The smallest absolute Gasteiger partial charge is 0.341 e. The number of H-pyrrole nitrogens is 2. The Morgan fingerprint density at radius 2 is 2.08 bits per heavy atom. The standard InChI is InChI=1S/C16H19N3O4S/c1-5-23-15(22)9-8-17-19-10(9)6-11-14(21)18-13(24-11)7-12(20)16(2,3)4/h6-8H,5H2,1-4H3,(H,17,19)(H,18,21)/b11-6-,13-7+. The normalized spacial score (nSPS) is 13.3. The molecule has 0 radical (unpaired) electrons. The van der Waals surface area contributed by atoms with Crippen LogP contribution in [-0.2, 0) is 9.53 Å². The summed E-state index contributed by atoms with van der Waals surface area (Å²) in [5, 5.41) is 6.48. The molecule has 0 aromatic carbocycles. The van der Waals surface area contributed by atoms with E-state index in [0.29, 0.717) is 14.9 Å². The van der Waals surface area contributed by atoms with Gasteiger partial charge in [-0.3, -0.25) is 14.7 Å². The zero-order valence-electron chi connectivity index (χ0n) is 13.9. The van der Waals surface area contributed by atoms with Crippen molar-refractivity contribution in [3.8, 4) is 0 Å². The molecule has 0 aliphatic rings. The van der Waals surface area contributed by atoms with Crippen molar-refractivity contribution in [3.05, 3.63) is 37.0 Å². The molecule has 0 aliphatic carbocycles. The lowest BCUT2D eigenvalue weighted by molar-refractivity contribution is -0.119. The summed E-state index contributed by atoms with van der Waals surface area (Å²) < 4.78 is 5.76. The molecule has 24 heavy (non-hydrogen) atoms. The number of carbonyl (C=O) groups is 2. The van der Waals surface area contributed by atoms with Gasteiger partial charge in [-0.05, 0) is 13.0 Å². The van der Waals surface area contributed by atoms with Gasteiger partial charge in [0.15, 0.2) is 5.78 Å². The number of nitrogens with zero attached hydrogens (tertiary/aromatic N) is 1. The number of ether oxygens (including phenoxy) is 1. The highest BCUT2D eigenvalue weighted by molar-refractivity contribution is 7.07. The van der Waals surface area contributed by atoms with E-state index in [1.165, 1.54) is 18.3 Å². The lowest BCUT2D eigenvalue weighted by Gasteiger charge is -2.12. The lowest BCUT2D eigenvalue weighted by Crippen LogP contribution is -2.22. The topological polar surface area (TPSA) is 105 Å². The Labute approximate surface area is 142 Å². The Kier molecular flexibility index (Phi) is 5.18. The molecule has 0 atom stereocenters. The van der Waals surface area contributed by atoms with Crippen LogP contribution in [0.1, 0.15) is 43.7 Å². The van der Waals surface area contributed by atoms with Crippen LogP contribution in [0.15, 0.2) is 11.0 Å². The summed E-state index contributed by atoms with van der Waals surface area (Å²) in [6, 6.07) is 0. The van der Waals surface area contributed by atoms with Crippen molar-refractivity contribution in [1.82, 2.24) is 15.2 Å². The number of nitrogens with one attached hydrogen (secondary N) is 2. The van der Waals surface area contributed by atoms with Crippen LogP contribution < -0.4 is 14.8 Å². The average Bonchev–Trinajstić information content (AvgIpc) is 3.06. The van der Waals surface area contributed by atoms with Gasteiger partial charge in [-0.15, -0.1) is 11.3 Å². The van der Waals surface area contributed by atoms with Gasteiger partial charge in [0.25, 0.3) is 5.56 Å². The molecule has 0 bridgehead atoms. The zero-order valence-corrected chi connectivity index (χ0v) is 14.7. The highest BCUT2D eigenvalue weighted by Gasteiger charge is 2.19. The van der Waals surface area contributed by atoms with Crippen molar-refractivity contribution in [2.45, 2.75) is 27.7 Å². The number of aromatic amines is 2. The van der Waals surface area contributed by atoms with Gasteiger partial charge in [0.1, 0.15) is 5.56 Å². The molecular formula is C16H19N3O4S. The van der Waals surface area contributed by atoms with Gasteiger partial charge in [0.05, 0.1) is 27.7 Å². The Hall–Kier alpha value is -2.48. The first-order valence-corrected chi connectivity index (χ1v) is 8.21. The number of thiazole rings is 1. The van der Waals surface area contributed by atoms with Gasteiger partial charge in [-0.2, -0.15) is 5.10 Å². The summed E-state index contributed by atoms with van der Waals surface area (Å²) in [5.74, 6) is -0.597. The highest BCUT2D eigenvalue weighted by atomic mass is 32.1. The molecule has 8 heteroatoms. The van der Waals surface area contributed by atoms with E-state index >= 15 is 0 Å². The first kappa shape index (κ1) is 17.9. The van der Waals surface area contributed by atoms with E-state index in [9.17, 15) is 14.4 Å². The first-order chi connectivity index (χ1) is 11.2. The number of hydrogen-bond acceptors (Lipinski definition) is 6. The quantitative estimate of drug-likeness (QED) is 0.785. The van der Waals surface area contributed by atoms with Crippen molar-refractivity contribution >= 4 is 35.2 Å². The van der Waals surface area contributed by atoms with E-state index < -0.39 is 11.4 Å². The molecule has 2 aromatic rings. The van der Waals surface area contributed by atoms with Crippen molar-refractivity contribution in [1.29, 1.82) is 0 Å². The average molecular weight is 349 g/mol. The minimum absolute atomic E-state index is 0.0831. The Morgan fingerprint density at radius 1 is 1.38 bits per heavy atom. The molecule has 0 saturated heterocycles. The van der Waals surface area contributed by atoms with Gasteiger partial charge in [-0.1, -0.05) is 20.8 Å². The molecule has 2 heterocycles. The van der Waals surface area contributed by atoms with Crippen LogP contribution in [0.5, 0.6) is 0 Å². The van der Waals surface area contributed by atoms with E-state index in [-0.39, 0.29) is 23.5 Å². The van der Waals surface area contributed by atoms with Crippen LogP contribution in [0.3, 0.4) is 0 Å². The number of rotatable bonds is 4. The number of Topliss-reactive ketones (excluding diaryl/α,β-unsaturated/α-hetero) is 1. The third-order valence-corrected chi connectivity index (χ3v) is 4.08. The van der Waals surface area contributed by atoms with E-state index in [1.54, 1.807) is 27.7 Å². The van der Waals surface area contributed by atoms with Crippen LogP contribution in [0.25, 0.3) is 12.2 Å². The number of ketones is 1. The monoisotopic (exact) mass is 349 g/mol. The van der Waals surface area contributed by atoms with Crippen LogP contribution in [0, 0.1) is 5.41 Å². The third kappa shape index (κ3) is 4.08. The van der Waals surface area contributed by atoms with Crippen molar-refractivity contribution in [2.75, 3.05) is 6.61 Å². The summed E-state index contributed by atoms with van der Waals surface area (Å²) in [7, 11) is 0. The largest absolute Gasteiger partial charge is 0.462 e. The van der Waals surface area contributed by atoms with Crippen molar-refractivity contribution in [3.63, 3.8) is 0 Å². The van der Waals surface area contributed by atoms with Crippen LogP contribution in [0.2, 0.25) is 0 Å². The number of esters is 1. The maximum Gasteiger partial charge on any atom is 0.341 e. The van der Waals surface area contributed by atoms with Gasteiger partial charge in [-0.25, -0.2) is 4.79 Å². The molecule has 7 nitrogen and oxygen atoms in total. The molecule has 128 valence electrons. The fourth-order valence-corrected chi connectivity index (χ4v) is 2.64. The van der Waals surface area contributed by atoms with E-state index in [0.717, 1.165) is 11.3 Å². The number of hydrogen-bond donors (Lipinski definition) is 2. The molecule has 0 spiro atoms. The predicted octanol–water partition coefficient (Wildman–Crippen LogP) is 0.561. The molecule has 2 rings (SSSR count). The Bertz CT molecular complexity index is 928. The van der Waals surface area contributed by atoms with Crippen LogP contribution in [-0.4, -0.2) is 33.5 Å². The van der Waals surface area contributed by atoms with Crippen LogP contribution >= 0.6 is 11.3 Å². The number of aromatic nitrogens is 3. The van der Waals surface area contributed by atoms with Crippen LogP contribution in [0.4, 0.5) is 0 Å². The molecule has 2 aromatic heterocycles. The minimum Gasteiger partial charge on any atom is -0.462 e. The van der Waals surface area contributed by atoms with Gasteiger partial charge in [0, 0.05) is 11.5 Å². The Morgan fingerprint density at radius 3 is 2.71 bits per heavy atom. The molecule has 0 unspecified atom stereocenters. The van der Waals surface area contributed by atoms with Gasteiger partial charge in [0.2, 0.25) is 0 Å². The molecular weight excluding hydrogens is 330 g/mol.